The third kappa shape index (κ3) is 2.42. The second-order valence-corrected chi connectivity index (χ2v) is 6.63. The summed E-state index contributed by atoms with van der Waals surface area (Å²) >= 11 is 0. The Hall–Kier alpha value is -1.89. The number of rotatable bonds is 4. The van der Waals surface area contributed by atoms with Crippen LogP contribution in [0.2, 0.25) is 0 Å². The number of fused-ring (bicyclic) bond motifs is 1. The molecule has 0 aliphatic heterocycles. The summed E-state index contributed by atoms with van der Waals surface area (Å²) in [6, 6.07) is 16.5. The van der Waals surface area contributed by atoms with Gasteiger partial charge in [0, 0.05) is 5.56 Å². The Labute approximate surface area is 127 Å². The lowest BCUT2D eigenvalue weighted by atomic mass is 9.73. The van der Waals surface area contributed by atoms with Crippen LogP contribution in [0, 0.1) is 0 Å². The summed E-state index contributed by atoms with van der Waals surface area (Å²) in [5, 5.41) is 0. The van der Waals surface area contributed by atoms with Crippen molar-refractivity contribution in [2.24, 2.45) is 0 Å². The molecule has 2 aromatic carbocycles. The lowest BCUT2D eigenvalue weighted by Crippen LogP contribution is -2.25. The predicted molar refractivity (Wildman–Crippen MR) is 87.0 cm³/mol. The summed E-state index contributed by atoms with van der Waals surface area (Å²) in [6.07, 6.45) is 1.98. The molecule has 0 heterocycles. The molecular formula is C20H22O. The average molecular weight is 278 g/mol. The van der Waals surface area contributed by atoms with E-state index in [1.165, 1.54) is 16.7 Å². The molecule has 0 saturated carbocycles. The van der Waals surface area contributed by atoms with Gasteiger partial charge in [-0.05, 0) is 34.9 Å². The smallest absolute Gasteiger partial charge is 0.170 e. The molecule has 0 radical (unpaired) electrons. The highest BCUT2D eigenvalue weighted by Gasteiger charge is 2.32. The number of ketones is 1. The molecule has 1 aliphatic rings. The molecule has 1 unspecified atom stereocenters. The lowest BCUT2D eigenvalue weighted by Gasteiger charge is -2.29. The van der Waals surface area contributed by atoms with E-state index >= 15 is 0 Å². The Morgan fingerprint density at radius 1 is 1.10 bits per heavy atom. The quantitative estimate of drug-likeness (QED) is 0.727. The maximum absolute atomic E-state index is 12.6. The van der Waals surface area contributed by atoms with Crippen molar-refractivity contribution < 1.29 is 4.79 Å². The summed E-state index contributed by atoms with van der Waals surface area (Å²) in [5.74, 6) is 0.320. The molecule has 0 bridgehead atoms. The molecule has 0 N–H and O–H groups in total. The Morgan fingerprint density at radius 2 is 1.76 bits per heavy atom. The highest BCUT2D eigenvalue weighted by Crippen LogP contribution is 2.37. The van der Waals surface area contributed by atoms with E-state index in [-0.39, 0.29) is 17.1 Å². The first-order valence-corrected chi connectivity index (χ1v) is 7.75. The van der Waals surface area contributed by atoms with Crippen molar-refractivity contribution in [1.29, 1.82) is 0 Å². The molecule has 0 spiro atoms. The Balaban J connectivity index is 1.81. The van der Waals surface area contributed by atoms with Gasteiger partial charge in [-0.15, -0.1) is 0 Å². The van der Waals surface area contributed by atoms with Crippen molar-refractivity contribution in [3.05, 3.63) is 70.8 Å². The zero-order valence-electron chi connectivity index (χ0n) is 13.0. The molecule has 1 aliphatic carbocycles. The SMILES string of the molecule is CCC(C)(C)c1ccc(C(=O)C2Cc3ccccc32)cc1. The average Bonchev–Trinajstić information content (AvgIpc) is 2.48. The van der Waals surface area contributed by atoms with Crippen molar-refractivity contribution in [2.45, 2.75) is 44.9 Å². The van der Waals surface area contributed by atoms with Crippen LogP contribution in [0.5, 0.6) is 0 Å². The van der Waals surface area contributed by atoms with E-state index in [1.54, 1.807) is 0 Å². The minimum atomic E-state index is 0.0613. The summed E-state index contributed by atoms with van der Waals surface area (Å²) < 4.78 is 0. The van der Waals surface area contributed by atoms with Gasteiger partial charge < -0.3 is 0 Å². The standard InChI is InChI=1S/C20H22O/c1-4-20(2,3)16-11-9-14(10-12-16)19(21)18-13-15-7-5-6-8-17(15)18/h5-12,18H,4,13H2,1-3H3. The van der Waals surface area contributed by atoms with Crippen LogP contribution in [0.4, 0.5) is 0 Å². The molecule has 1 atom stereocenters. The fourth-order valence-electron chi connectivity index (χ4n) is 2.98. The molecule has 3 rings (SSSR count). The first kappa shape index (κ1) is 14.1. The largest absolute Gasteiger partial charge is 0.293 e. The number of carbonyl (C=O) groups is 1. The van der Waals surface area contributed by atoms with Crippen LogP contribution in [-0.4, -0.2) is 5.78 Å². The van der Waals surface area contributed by atoms with Gasteiger partial charge >= 0.3 is 0 Å². The van der Waals surface area contributed by atoms with E-state index in [2.05, 4.69) is 45.0 Å². The molecule has 108 valence electrons. The minimum Gasteiger partial charge on any atom is -0.293 e. The Bertz CT molecular complexity index is 664. The molecular weight excluding hydrogens is 256 g/mol. The maximum atomic E-state index is 12.6. The summed E-state index contributed by atoms with van der Waals surface area (Å²) in [4.78, 5) is 12.6. The van der Waals surface area contributed by atoms with Gasteiger partial charge in [0.05, 0.1) is 5.92 Å². The van der Waals surface area contributed by atoms with Gasteiger partial charge in [-0.25, -0.2) is 0 Å². The van der Waals surface area contributed by atoms with E-state index in [1.807, 2.05) is 24.3 Å². The monoisotopic (exact) mass is 278 g/mol. The molecule has 1 heteroatoms. The first-order chi connectivity index (χ1) is 10.0. The van der Waals surface area contributed by atoms with Gasteiger partial charge in [-0.3, -0.25) is 4.79 Å². The highest BCUT2D eigenvalue weighted by atomic mass is 16.1. The third-order valence-corrected chi connectivity index (χ3v) is 5.01. The number of hydrogen-bond acceptors (Lipinski definition) is 1. The lowest BCUT2D eigenvalue weighted by molar-refractivity contribution is 0.0949. The Morgan fingerprint density at radius 3 is 2.38 bits per heavy atom. The van der Waals surface area contributed by atoms with Crippen molar-refractivity contribution >= 4 is 5.78 Å². The molecule has 0 saturated heterocycles. The highest BCUT2D eigenvalue weighted by molar-refractivity contribution is 6.02. The molecule has 0 fully saturated rings. The van der Waals surface area contributed by atoms with E-state index in [0.29, 0.717) is 0 Å². The van der Waals surface area contributed by atoms with Crippen LogP contribution in [-0.2, 0) is 11.8 Å². The first-order valence-electron chi connectivity index (χ1n) is 7.75. The molecule has 21 heavy (non-hydrogen) atoms. The van der Waals surface area contributed by atoms with E-state index in [9.17, 15) is 4.79 Å². The third-order valence-electron chi connectivity index (χ3n) is 5.01. The topological polar surface area (TPSA) is 17.1 Å². The van der Waals surface area contributed by atoms with E-state index < -0.39 is 0 Å². The summed E-state index contributed by atoms with van der Waals surface area (Å²) in [5.41, 5.74) is 4.84. The second kappa shape index (κ2) is 5.14. The van der Waals surface area contributed by atoms with Gasteiger partial charge in [0.25, 0.3) is 0 Å². The number of hydrogen-bond donors (Lipinski definition) is 0. The van der Waals surface area contributed by atoms with Crippen molar-refractivity contribution in [2.75, 3.05) is 0 Å². The van der Waals surface area contributed by atoms with Crippen LogP contribution in [0.25, 0.3) is 0 Å². The fraction of sp³-hybridized carbons (Fsp3) is 0.350. The zero-order chi connectivity index (χ0) is 15.0. The van der Waals surface area contributed by atoms with E-state index in [0.717, 1.165) is 18.4 Å². The van der Waals surface area contributed by atoms with Gasteiger partial charge in [-0.2, -0.15) is 0 Å². The number of Topliss-reactive ketones (excluding diaryl/α,β-unsaturated/α-hetero) is 1. The summed E-state index contributed by atoms with van der Waals surface area (Å²) in [7, 11) is 0. The fourth-order valence-corrected chi connectivity index (χ4v) is 2.98. The van der Waals surface area contributed by atoms with Crippen molar-refractivity contribution in [3.63, 3.8) is 0 Å². The normalized spacial score (nSPS) is 17.0. The van der Waals surface area contributed by atoms with Crippen LogP contribution in [0.15, 0.2) is 48.5 Å². The predicted octanol–water partition coefficient (Wildman–Crippen LogP) is 4.90. The van der Waals surface area contributed by atoms with Gasteiger partial charge in [-0.1, -0.05) is 69.3 Å². The molecule has 2 aromatic rings. The van der Waals surface area contributed by atoms with Gasteiger partial charge in [0.15, 0.2) is 5.78 Å². The molecule has 1 nitrogen and oxygen atoms in total. The van der Waals surface area contributed by atoms with Crippen molar-refractivity contribution in [3.8, 4) is 0 Å². The second-order valence-electron chi connectivity index (χ2n) is 6.63. The summed E-state index contributed by atoms with van der Waals surface area (Å²) in [6.45, 7) is 6.68. The maximum Gasteiger partial charge on any atom is 0.170 e. The van der Waals surface area contributed by atoms with Crippen LogP contribution < -0.4 is 0 Å². The molecule has 0 aromatic heterocycles. The van der Waals surface area contributed by atoms with Crippen molar-refractivity contribution in [1.82, 2.24) is 0 Å². The Kier molecular flexibility index (Phi) is 3.44. The van der Waals surface area contributed by atoms with Crippen LogP contribution >= 0.6 is 0 Å². The number of carbonyl (C=O) groups excluding carboxylic acids is 1. The zero-order valence-corrected chi connectivity index (χ0v) is 13.0. The van der Waals surface area contributed by atoms with Crippen LogP contribution in [0.3, 0.4) is 0 Å². The van der Waals surface area contributed by atoms with Crippen LogP contribution in [0.1, 0.15) is 60.2 Å². The van der Waals surface area contributed by atoms with Gasteiger partial charge in [0.2, 0.25) is 0 Å². The van der Waals surface area contributed by atoms with Gasteiger partial charge in [0.1, 0.15) is 0 Å². The molecule has 0 amide bonds. The van der Waals surface area contributed by atoms with E-state index in [4.69, 9.17) is 0 Å². The number of benzene rings is 2. The minimum absolute atomic E-state index is 0.0613.